The van der Waals surface area contributed by atoms with Crippen LogP contribution in [0.3, 0.4) is 0 Å². The molecule has 0 atom stereocenters. The van der Waals surface area contributed by atoms with E-state index in [1.54, 1.807) is 6.20 Å². The van der Waals surface area contributed by atoms with Crippen molar-refractivity contribution in [2.24, 2.45) is 0 Å². The first-order valence-corrected chi connectivity index (χ1v) is 9.76. The quantitative estimate of drug-likeness (QED) is 0.546. The number of aryl methyl sites for hydroxylation is 1. The van der Waals surface area contributed by atoms with Crippen LogP contribution < -0.4 is 5.32 Å². The number of nitrogens with zero attached hydrogens (tertiary/aromatic N) is 5. The lowest BCUT2D eigenvalue weighted by atomic mass is 10.2. The molecule has 0 amide bonds. The third-order valence-corrected chi connectivity index (χ3v) is 5.13. The average Bonchev–Trinajstić information content (AvgIpc) is 3.40. The molecule has 8 nitrogen and oxygen atoms in total. The van der Waals surface area contributed by atoms with Gasteiger partial charge in [-0.25, -0.2) is 9.97 Å². The Morgan fingerprint density at radius 2 is 1.97 bits per heavy atom. The molecule has 1 saturated heterocycles. The van der Waals surface area contributed by atoms with Crippen LogP contribution in [0.4, 0.5) is 11.5 Å². The van der Waals surface area contributed by atoms with Crippen LogP contribution in [-0.4, -0.2) is 55.8 Å². The first-order valence-electron chi connectivity index (χ1n) is 9.76. The van der Waals surface area contributed by atoms with E-state index in [0.717, 1.165) is 67.0 Å². The van der Waals surface area contributed by atoms with Crippen LogP contribution >= 0.6 is 0 Å². The molecule has 0 bridgehead atoms. The number of rotatable bonds is 5. The van der Waals surface area contributed by atoms with Crippen molar-refractivity contribution in [1.82, 2.24) is 29.5 Å². The lowest BCUT2D eigenvalue weighted by Gasteiger charge is -2.26. The van der Waals surface area contributed by atoms with Crippen molar-refractivity contribution in [2.75, 3.05) is 31.6 Å². The smallest absolute Gasteiger partial charge is 0.180 e. The molecule has 0 spiro atoms. The molecule has 1 fully saturated rings. The van der Waals surface area contributed by atoms with E-state index in [-0.39, 0.29) is 0 Å². The second-order valence-electron chi connectivity index (χ2n) is 7.27. The monoisotopic (exact) mass is 389 g/mol. The minimum atomic E-state index is 0.737. The van der Waals surface area contributed by atoms with Crippen molar-refractivity contribution in [2.45, 2.75) is 13.5 Å². The Hall–Kier alpha value is -3.23. The zero-order valence-electron chi connectivity index (χ0n) is 16.3. The van der Waals surface area contributed by atoms with Gasteiger partial charge in [0.25, 0.3) is 0 Å². The Morgan fingerprint density at radius 3 is 2.72 bits per heavy atom. The van der Waals surface area contributed by atoms with Crippen LogP contribution in [0, 0.1) is 6.92 Å². The molecule has 5 rings (SSSR count). The number of morpholine rings is 1. The standard InChI is InChI=1S/C21H23N7O/c1-15-13-28-19(17-10-23-24-11-17)12-22-21(28)20(25-15)26-18-4-2-16(3-5-18)14-27-6-8-29-9-7-27/h2-5,10-13H,6-9,14H2,1H3,(H,23,24)(H,25,26). The van der Waals surface area contributed by atoms with Crippen LogP contribution in [0.1, 0.15) is 11.3 Å². The summed E-state index contributed by atoms with van der Waals surface area (Å²) in [6, 6.07) is 8.51. The number of ether oxygens (including phenoxy) is 1. The van der Waals surface area contributed by atoms with E-state index in [0.29, 0.717) is 0 Å². The molecule has 8 heteroatoms. The van der Waals surface area contributed by atoms with Crippen LogP contribution in [0.2, 0.25) is 0 Å². The summed E-state index contributed by atoms with van der Waals surface area (Å²) in [6.45, 7) is 6.55. The van der Waals surface area contributed by atoms with Gasteiger partial charge in [0, 0.05) is 43.3 Å². The average molecular weight is 389 g/mol. The molecular formula is C21H23N7O. The summed E-state index contributed by atoms with van der Waals surface area (Å²) in [4.78, 5) is 11.7. The fourth-order valence-corrected chi connectivity index (χ4v) is 3.64. The lowest BCUT2D eigenvalue weighted by Crippen LogP contribution is -2.35. The van der Waals surface area contributed by atoms with Gasteiger partial charge in [0.2, 0.25) is 0 Å². The fraction of sp³-hybridized carbons (Fsp3) is 0.286. The van der Waals surface area contributed by atoms with Gasteiger partial charge in [0.05, 0.1) is 37.0 Å². The molecule has 29 heavy (non-hydrogen) atoms. The maximum Gasteiger partial charge on any atom is 0.180 e. The number of aromatic amines is 1. The van der Waals surface area contributed by atoms with Crippen LogP contribution in [0.5, 0.6) is 0 Å². The number of imidazole rings is 1. The van der Waals surface area contributed by atoms with E-state index in [1.807, 2.05) is 29.9 Å². The molecular weight excluding hydrogens is 366 g/mol. The summed E-state index contributed by atoms with van der Waals surface area (Å²) in [5.41, 5.74) is 5.94. The Balaban J connectivity index is 1.38. The summed E-state index contributed by atoms with van der Waals surface area (Å²) in [5.74, 6) is 0.737. The first-order chi connectivity index (χ1) is 14.3. The number of nitrogens with one attached hydrogen (secondary N) is 2. The molecule has 0 saturated carbocycles. The largest absolute Gasteiger partial charge is 0.379 e. The number of hydrogen-bond donors (Lipinski definition) is 2. The van der Waals surface area contributed by atoms with Gasteiger partial charge in [-0.05, 0) is 24.6 Å². The molecule has 0 radical (unpaired) electrons. The molecule has 1 aromatic carbocycles. The van der Waals surface area contributed by atoms with Gasteiger partial charge in [-0.2, -0.15) is 5.10 Å². The number of fused-ring (bicyclic) bond motifs is 1. The molecule has 1 aliphatic heterocycles. The fourth-order valence-electron chi connectivity index (χ4n) is 3.64. The topological polar surface area (TPSA) is 83.4 Å². The molecule has 4 heterocycles. The molecule has 2 N–H and O–H groups in total. The van der Waals surface area contributed by atoms with Crippen molar-refractivity contribution in [1.29, 1.82) is 0 Å². The van der Waals surface area contributed by atoms with Crippen LogP contribution in [-0.2, 0) is 11.3 Å². The van der Waals surface area contributed by atoms with E-state index in [1.165, 1.54) is 5.56 Å². The minimum absolute atomic E-state index is 0.737. The summed E-state index contributed by atoms with van der Waals surface area (Å²) < 4.78 is 7.47. The maximum absolute atomic E-state index is 5.42. The van der Waals surface area contributed by atoms with E-state index >= 15 is 0 Å². The molecule has 1 aliphatic rings. The van der Waals surface area contributed by atoms with Crippen LogP contribution in [0.15, 0.2) is 49.1 Å². The van der Waals surface area contributed by atoms with Crippen molar-refractivity contribution in [3.05, 3.63) is 60.3 Å². The second-order valence-corrected chi connectivity index (χ2v) is 7.27. The molecule has 0 unspecified atom stereocenters. The second kappa shape index (κ2) is 7.65. The zero-order chi connectivity index (χ0) is 19.6. The highest BCUT2D eigenvalue weighted by Crippen LogP contribution is 2.25. The number of aromatic nitrogens is 5. The van der Waals surface area contributed by atoms with Crippen molar-refractivity contribution < 1.29 is 4.74 Å². The number of hydrogen-bond acceptors (Lipinski definition) is 6. The normalized spacial score (nSPS) is 15.1. The number of anilines is 2. The van der Waals surface area contributed by atoms with E-state index in [4.69, 9.17) is 4.74 Å². The predicted molar refractivity (Wildman–Crippen MR) is 111 cm³/mol. The number of benzene rings is 1. The summed E-state index contributed by atoms with van der Waals surface area (Å²) >= 11 is 0. The molecule has 4 aromatic rings. The van der Waals surface area contributed by atoms with Gasteiger partial charge in [0.15, 0.2) is 11.5 Å². The van der Waals surface area contributed by atoms with Crippen LogP contribution in [0.25, 0.3) is 16.9 Å². The Labute approximate surface area is 168 Å². The Kier molecular flexibility index (Phi) is 4.71. The van der Waals surface area contributed by atoms with Crippen molar-refractivity contribution in [3.63, 3.8) is 0 Å². The van der Waals surface area contributed by atoms with Gasteiger partial charge in [-0.3, -0.25) is 14.4 Å². The van der Waals surface area contributed by atoms with E-state index < -0.39 is 0 Å². The minimum Gasteiger partial charge on any atom is -0.379 e. The van der Waals surface area contributed by atoms with E-state index in [2.05, 4.69) is 54.6 Å². The summed E-state index contributed by atoms with van der Waals surface area (Å²) in [6.07, 6.45) is 7.48. The van der Waals surface area contributed by atoms with Gasteiger partial charge >= 0.3 is 0 Å². The third kappa shape index (κ3) is 3.72. The summed E-state index contributed by atoms with van der Waals surface area (Å²) in [5, 5.41) is 10.3. The van der Waals surface area contributed by atoms with Gasteiger partial charge in [-0.15, -0.1) is 0 Å². The molecule has 148 valence electrons. The summed E-state index contributed by atoms with van der Waals surface area (Å²) in [7, 11) is 0. The van der Waals surface area contributed by atoms with Crippen molar-refractivity contribution >= 4 is 17.2 Å². The number of H-pyrrole nitrogens is 1. The molecule has 3 aromatic heterocycles. The third-order valence-electron chi connectivity index (χ3n) is 5.13. The maximum atomic E-state index is 5.42. The van der Waals surface area contributed by atoms with Gasteiger partial charge in [0.1, 0.15) is 0 Å². The predicted octanol–water partition coefficient (Wildman–Crippen LogP) is 3.00. The zero-order valence-corrected chi connectivity index (χ0v) is 16.3. The Morgan fingerprint density at radius 1 is 1.14 bits per heavy atom. The highest BCUT2D eigenvalue weighted by Gasteiger charge is 2.13. The van der Waals surface area contributed by atoms with Gasteiger partial charge < -0.3 is 10.1 Å². The highest BCUT2D eigenvalue weighted by atomic mass is 16.5. The lowest BCUT2D eigenvalue weighted by molar-refractivity contribution is 0.0342. The van der Waals surface area contributed by atoms with E-state index in [9.17, 15) is 0 Å². The first kappa shape index (κ1) is 17.8. The van der Waals surface area contributed by atoms with Crippen molar-refractivity contribution in [3.8, 4) is 11.3 Å². The molecule has 0 aliphatic carbocycles. The SMILES string of the molecule is Cc1cn2c(-c3cn[nH]c3)cnc2c(Nc2ccc(CN3CCOCC3)cc2)n1. The highest BCUT2D eigenvalue weighted by molar-refractivity contribution is 5.74. The Bertz CT molecular complexity index is 1100. The van der Waals surface area contributed by atoms with Gasteiger partial charge in [-0.1, -0.05) is 12.1 Å².